The number of hydrogen-bond donors (Lipinski definition) is 0. The van der Waals surface area contributed by atoms with Crippen molar-refractivity contribution in [2.24, 2.45) is 5.41 Å². The maximum atomic E-state index is 13.4. The minimum atomic E-state index is -0.305. The molecule has 30 heavy (non-hydrogen) atoms. The van der Waals surface area contributed by atoms with Crippen LogP contribution in [0, 0.1) is 11.2 Å². The van der Waals surface area contributed by atoms with Crippen molar-refractivity contribution in [3.8, 4) is 0 Å². The van der Waals surface area contributed by atoms with Crippen molar-refractivity contribution in [2.45, 2.75) is 45.1 Å². The summed E-state index contributed by atoms with van der Waals surface area (Å²) in [6.45, 7) is 2.90. The molecular formula is C25H29FN2O2. The fourth-order valence-electron chi connectivity index (χ4n) is 4.79. The van der Waals surface area contributed by atoms with Gasteiger partial charge in [0, 0.05) is 32.6 Å². The Kier molecular flexibility index (Phi) is 6.16. The number of rotatable bonds is 4. The first kappa shape index (κ1) is 20.6. The van der Waals surface area contributed by atoms with Gasteiger partial charge in [0.2, 0.25) is 11.8 Å². The maximum Gasteiger partial charge on any atom is 0.226 e. The summed E-state index contributed by atoms with van der Waals surface area (Å²) in [5, 5.41) is 0. The second-order valence-corrected chi connectivity index (χ2v) is 8.74. The van der Waals surface area contributed by atoms with Gasteiger partial charge < -0.3 is 9.80 Å². The lowest BCUT2D eigenvalue weighted by atomic mass is 9.73. The van der Waals surface area contributed by atoms with E-state index in [0.29, 0.717) is 13.0 Å². The highest BCUT2D eigenvalue weighted by molar-refractivity contribution is 5.79. The van der Waals surface area contributed by atoms with E-state index in [9.17, 15) is 14.0 Å². The summed E-state index contributed by atoms with van der Waals surface area (Å²) in [5.74, 6) is -0.00716. The van der Waals surface area contributed by atoms with Crippen LogP contribution in [-0.2, 0) is 22.6 Å². The number of carbonyl (C=O) groups is 2. The molecule has 2 fully saturated rings. The summed E-state index contributed by atoms with van der Waals surface area (Å²) in [5.41, 5.74) is 2.04. The summed E-state index contributed by atoms with van der Waals surface area (Å²) in [4.78, 5) is 29.2. The zero-order valence-electron chi connectivity index (χ0n) is 17.4. The predicted octanol–water partition coefficient (Wildman–Crippen LogP) is 4.19. The van der Waals surface area contributed by atoms with Gasteiger partial charge in [-0.05, 0) is 54.4 Å². The molecule has 0 bridgehead atoms. The molecule has 0 atom stereocenters. The normalized spacial score (nSPS) is 19.0. The van der Waals surface area contributed by atoms with E-state index in [4.69, 9.17) is 0 Å². The minimum Gasteiger partial charge on any atom is -0.342 e. The summed E-state index contributed by atoms with van der Waals surface area (Å²) in [7, 11) is 0. The molecule has 2 aliphatic heterocycles. The van der Waals surface area contributed by atoms with Gasteiger partial charge in [-0.15, -0.1) is 0 Å². The first-order valence-corrected chi connectivity index (χ1v) is 10.9. The van der Waals surface area contributed by atoms with Gasteiger partial charge in [-0.25, -0.2) is 4.39 Å². The lowest BCUT2D eigenvalue weighted by Crippen LogP contribution is -2.44. The predicted molar refractivity (Wildman–Crippen MR) is 114 cm³/mol. The van der Waals surface area contributed by atoms with Crippen LogP contribution >= 0.6 is 0 Å². The van der Waals surface area contributed by atoms with Crippen molar-refractivity contribution in [3.05, 3.63) is 71.5 Å². The zero-order chi connectivity index (χ0) is 21.0. The quantitative estimate of drug-likeness (QED) is 0.761. The van der Waals surface area contributed by atoms with E-state index >= 15 is 0 Å². The Bertz CT molecular complexity index is 891. The highest BCUT2D eigenvalue weighted by Gasteiger charge is 2.38. The third-order valence-corrected chi connectivity index (χ3v) is 6.77. The van der Waals surface area contributed by atoms with Crippen LogP contribution in [0.5, 0.6) is 0 Å². The summed E-state index contributed by atoms with van der Waals surface area (Å²) in [6, 6.07) is 16.4. The molecule has 0 N–H and O–H groups in total. The minimum absolute atomic E-state index is 0.0610. The number of hydrogen-bond acceptors (Lipinski definition) is 2. The number of carbonyl (C=O) groups excluding carboxylic acids is 2. The first-order chi connectivity index (χ1) is 14.5. The second kappa shape index (κ2) is 8.99. The smallest absolute Gasteiger partial charge is 0.226 e. The number of halogens is 1. The lowest BCUT2D eigenvalue weighted by molar-refractivity contribution is -0.133. The molecule has 1 spiro atoms. The van der Waals surface area contributed by atoms with E-state index in [1.54, 1.807) is 12.1 Å². The fourth-order valence-corrected chi connectivity index (χ4v) is 4.79. The molecular weight excluding hydrogens is 379 g/mol. The van der Waals surface area contributed by atoms with Crippen LogP contribution in [0.15, 0.2) is 54.6 Å². The van der Waals surface area contributed by atoms with Crippen molar-refractivity contribution in [3.63, 3.8) is 0 Å². The van der Waals surface area contributed by atoms with Crippen LogP contribution in [0.25, 0.3) is 0 Å². The number of piperidine rings is 1. The average Bonchev–Trinajstić information content (AvgIpc) is 2.90. The van der Waals surface area contributed by atoms with Crippen molar-refractivity contribution in [1.29, 1.82) is 0 Å². The fraction of sp³-hybridized carbons (Fsp3) is 0.440. The Balaban J connectivity index is 1.32. The Morgan fingerprint density at radius 3 is 2.33 bits per heavy atom. The van der Waals surface area contributed by atoms with Crippen LogP contribution in [0.4, 0.5) is 4.39 Å². The maximum absolute atomic E-state index is 13.4. The van der Waals surface area contributed by atoms with E-state index in [1.807, 2.05) is 28.0 Å². The van der Waals surface area contributed by atoms with Crippen LogP contribution in [0.2, 0.25) is 0 Å². The standard InChI is InChI=1S/C25H29FN2O2/c26-22-8-4-7-21(17-22)18-24(30)27-14-11-25(12-15-27)10-9-23(29)28(16-13-25)19-20-5-2-1-3-6-20/h1-8,17H,9-16,18-19H2. The summed E-state index contributed by atoms with van der Waals surface area (Å²) in [6.07, 6.45) is 4.61. The number of nitrogens with zero attached hydrogens (tertiary/aromatic N) is 2. The third-order valence-electron chi connectivity index (χ3n) is 6.77. The number of amides is 2. The molecule has 2 heterocycles. The van der Waals surface area contributed by atoms with Gasteiger partial charge in [-0.1, -0.05) is 42.5 Å². The van der Waals surface area contributed by atoms with E-state index in [-0.39, 0.29) is 29.5 Å². The molecule has 0 unspecified atom stereocenters. The molecule has 5 heteroatoms. The van der Waals surface area contributed by atoms with Gasteiger partial charge in [0.15, 0.2) is 0 Å². The van der Waals surface area contributed by atoms with E-state index in [2.05, 4.69) is 12.1 Å². The number of likely N-dealkylation sites (tertiary alicyclic amines) is 2. The Labute approximate surface area is 177 Å². The molecule has 2 aromatic rings. The summed E-state index contributed by atoms with van der Waals surface area (Å²) < 4.78 is 13.4. The molecule has 2 aromatic carbocycles. The average molecular weight is 409 g/mol. The highest BCUT2D eigenvalue weighted by atomic mass is 19.1. The molecule has 2 aliphatic rings. The van der Waals surface area contributed by atoms with E-state index in [1.165, 1.54) is 17.7 Å². The molecule has 158 valence electrons. The largest absolute Gasteiger partial charge is 0.342 e. The molecule has 2 amide bonds. The van der Waals surface area contributed by atoms with Gasteiger partial charge in [0.1, 0.15) is 5.82 Å². The van der Waals surface area contributed by atoms with Crippen LogP contribution < -0.4 is 0 Å². The van der Waals surface area contributed by atoms with E-state index < -0.39 is 0 Å². The van der Waals surface area contributed by atoms with Gasteiger partial charge >= 0.3 is 0 Å². The summed E-state index contributed by atoms with van der Waals surface area (Å²) >= 11 is 0. The molecule has 2 saturated heterocycles. The molecule has 4 nitrogen and oxygen atoms in total. The van der Waals surface area contributed by atoms with Gasteiger partial charge in [0.25, 0.3) is 0 Å². The zero-order valence-corrected chi connectivity index (χ0v) is 17.4. The second-order valence-electron chi connectivity index (χ2n) is 8.74. The van der Waals surface area contributed by atoms with Gasteiger partial charge in [0.05, 0.1) is 6.42 Å². The van der Waals surface area contributed by atoms with E-state index in [0.717, 1.165) is 50.9 Å². The van der Waals surface area contributed by atoms with Crippen molar-refractivity contribution in [1.82, 2.24) is 9.80 Å². The first-order valence-electron chi connectivity index (χ1n) is 10.9. The molecule has 0 aliphatic carbocycles. The molecule has 0 aromatic heterocycles. The van der Waals surface area contributed by atoms with Crippen LogP contribution in [0.3, 0.4) is 0 Å². The third kappa shape index (κ3) is 4.89. The molecule has 0 radical (unpaired) electrons. The van der Waals surface area contributed by atoms with Gasteiger partial charge in [-0.3, -0.25) is 9.59 Å². The molecule has 4 rings (SSSR count). The highest BCUT2D eigenvalue weighted by Crippen LogP contribution is 2.41. The molecule has 0 saturated carbocycles. The van der Waals surface area contributed by atoms with Crippen LogP contribution in [-0.4, -0.2) is 41.2 Å². The van der Waals surface area contributed by atoms with Crippen molar-refractivity contribution in [2.75, 3.05) is 19.6 Å². The lowest BCUT2D eigenvalue weighted by Gasteiger charge is -2.41. The number of benzene rings is 2. The van der Waals surface area contributed by atoms with Crippen LogP contribution in [0.1, 0.15) is 43.2 Å². The Morgan fingerprint density at radius 1 is 0.900 bits per heavy atom. The van der Waals surface area contributed by atoms with Crippen molar-refractivity contribution >= 4 is 11.8 Å². The Morgan fingerprint density at radius 2 is 1.60 bits per heavy atom. The van der Waals surface area contributed by atoms with Gasteiger partial charge in [-0.2, -0.15) is 0 Å². The Hall–Kier alpha value is -2.69. The monoisotopic (exact) mass is 408 g/mol. The SMILES string of the molecule is O=C(Cc1cccc(F)c1)N1CCC2(CCC(=O)N(Cc3ccccc3)CC2)CC1. The topological polar surface area (TPSA) is 40.6 Å². The van der Waals surface area contributed by atoms with Crippen molar-refractivity contribution < 1.29 is 14.0 Å².